The Balaban J connectivity index is 1.67. The average Bonchev–Trinajstić information content (AvgIpc) is 3.29. The van der Waals surface area contributed by atoms with Crippen molar-refractivity contribution in [3.8, 4) is 0 Å². The SMILES string of the molecule is C[C@H](NC(=S)Nc1cccc(C(F)(F)F)c1)[C@H](c1cccs1)N1CCCC1. The highest BCUT2D eigenvalue weighted by Crippen LogP contribution is 2.32. The van der Waals surface area contributed by atoms with Gasteiger partial charge in [-0.3, -0.25) is 4.90 Å². The zero-order valence-corrected chi connectivity index (χ0v) is 16.6. The third-order valence-corrected chi connectivity index (χ3v) is 5.81. The number of benzene rings is 1. The van der Waals surface area contributed by atoms with Crippen molar-refractivity contribution in [2.75, 3.05) is 18.4 Å². The van der Waals surface area contributed by atoms with Crippen molar-refractivity contribution in [2.45, 2.75) is 38.0 Å². The number of nitrogens with zero attached hydrogens (tertiary/aromatic N) is 1. The van der Waals surface area contributed by atoms with Crippen molar-refractivity contribution in [1.82, 2.24) is 10.2 Å². The zero-order valence-electron chi connectivity index (χ0n) is 14.9. The number of thiocarbonyl (C=S) groups is 1. The molecule has 0 spiro atoms. The highest BCUT2D eigenvalue weighted by atomic mass is 32.1. The van der Waals surface area contributed by atoms with Crippen LogP contribution in [-0.2, 0) is 6.18 Å². The Labute approximate surface area is 166 Å². The van der Waals surface area contributed by atoms with Crippen LogP contribution in [0.3, 0.4) is 0 Å². The summed E-state index contributed by atoms with van der Waals surface area (Å²) in [6.07, 6.45) is -2.01. The largest absolute Gasteiger partial charge is 0.416 e. The lowest BCUT2D eigenvalue weighted by molar-refractivity contribution is -0.137. The monoisotopic (exact) mass is 413 g/mol. The quantitative estimate of drug-likeness (QED) is 0.653. The molecule has 0 bridgehead atoms. The summed E-state index contributed by atoms with van der Waals surface area (Å²) in [5.41, 5.74) is -0.375. The van der Waals surface area contributed by atoms with E-state index in [1.807, 2.05) is 6.07 Å². The first-order chi connectivity index (χ1) is 12.8. The van der Waals surface area contributed by atoms with Crippen molar-refractivity contribution in [2.24, 2.45) is 0 Å². The first kappa shape index (κ1) is 20.1. The Morgan fingerprint density at radius 3 is 2.56 bits per heavy atom. The summed E-state index contributed by atoms with van der Waals surface area (Å²) >= 11 is 7.07. The van der Waals surface area contributed by atoms with Gasteiger partial charge in [0.2, 0.25) is 0 Å². The molecule has 8 heteroatoms. The fraction of sp³-hybridized carbons (Fsp3) is 0.421. The second-order valence-corrected chi connectivity index (χ2v) is 8.06. The number of hydrogen-bond donors (Lipinski definition) is 2. The predicted octanol–water partition coefficient (Wildman–Crippen LogP) is 5.28. The van der Waals surface area contributed by atoms with Gasteiger partial charge in [0.1, 0.15) is 0 Å². The maximum atomic E-state index is 12.9. The third-order valence-electron chi connectivity index (χ3n) is 4.65. The standard InChI is InChI=1S/C19H22F3N3S2/c1-13(17(16-8-5-11-27-16)25-9-2-3-10-25)23-18(26)24-15-7-4-6-14(12-15)19(20,21)22/h4-8,11-13,17H,2-3,9-10H2,1H3,(H2,23,24,26)/t13-,17+/m0/s1. The number of nitrogens with one attached hydrogen (secondary N) is 2. The Hall–Kier alpha value is -1.64. The van der Waals surface area contributed by atoms with E-state index in [1.54, 1.807) is 17.4 Å². The fourth-order valence-electron chi connectivity index (χ4n) is 3.45. The molecule has 0 amide bonds. The van der Waals surface area contributed by atoms with Gasteiger partial charge >= 0.3 is 6.18 Å². The van der Waals surface area contributed by atoms with Gasteiger partial charge in [-0.25, -0.2) is 0 Å². The van der Waals surface area contributed by atoms with Crippen LogP contribution in [0.1, 0.15) is 36.2 Å². The summed E-state index contributed by atoms with van der Waals surface area (Å²) in [5.74, 6) is 0. The van der Waals surface area contributed by atoms with Gasteiger partial charge in [0.25, 0.3) is 0 Å². The lowest BCUT2D eigenvalue weighted by Gasteiger charge is -2.33. The Kier molecular flexibility index (Phi) is 6.39. The maximum Gasteiger partial charge on any atom is 0.416 e. The van der Waals surface area contributed by atoms with Crippen LogP contribution in [0.4, 0.5) is 18.9 Å². The van der Waals surface area contributed by atoms with E-state index in [0.717, 1.165) is 25.2 Å². The molecule has 1 aromatic heterocycles. The van der Waals surface area contributed by atoms with Crippen molar-refractivity contribution < 1.29 is 13.2 Å². The van der Waals surface area contributed by atoms with E-state index in [2.05, 4.69) is 33.9 Å². The van der Waals surface area contributed by atoms with E-state index in [4.69, 9.17) is 12.2 Å². The molecule has 2 heterocycles. The minimum atomic E-state index is -4.37. The number of thiophene rings is 1. The maximum absolute atomic E-state index is 12.9. The smallest absolute Gasteiger partial charge is 0.358 e. The van der Waals surface area contributed by atoms with Gasteiger partial charge < -0.3 is 10.6 Å². The number of halogens is 3. The highest BCUT2D eigenvalue weighted by Gasteiger charge is 2.31. The van der Waals surface area contributed by atoms with Crippen molar-refractivity contribution in [3.63, 3.8) is 0 Å². The molecule has 2 aromatic rings. The molecule has 0 aliphatic carbocycles. The van der Waals surface area contributed by atoms with Gasteiger partial charge in [-0.15, -0.1) is 11.3 Å². The Bertz CT molecular complexity index is 756. The van der Waals surface area contributed by atoms with Gasteiger partial charge in [0.15, 0.2) is 5.11 Å². The number of alkyl halides is 3. The molecule has 3 rings (SSSR count). The second kappa shape index (κ2) is 8.58. The van der Waals surface area contributed by atoms with Gasteiger partial charge in [0, 0.05) is 16.6 Å². The summed E-state index contributed by atoms with van der Waals surface area (Å²) in [5, 5.41) is 8.52. The second-order valence-electron chi connectivity index (χ2n) is 6.67. The minimum Gasteiger partial charge on any atom is -0.358 e. The zero-order chi connectivity index (χ0) is 19.4. The van der Waals surface area contributed by atoms with Crippen LogP contribution in [0.25, 0.3) is 0 Å². The van der Waals surface area contributed by atoms with Crippen molar-refractivity contribution in [3.05, 3.63) is 52.2 Å². The molecule has 146 valence electrons. The molecule has 0 unspecified atom stereocenters. The fourth-order valence-corrected chi connectivity index (χ4v) is 4.72. The van der Waals surface area contributed by atoms with Gasteiger partial charge in [-0.05, 0) is 74.7 Å². The van der Waals surface area contributed by atoms with E-state index < -0.39 is 11.7 Å². The van der Waals surface area contributed by atoms with Gasteiger partial charge in [0.05, 0.1) is 11.6 Å². The molecule has 0 saturated carbocycles. The lowest BCUT2D eigenvalue weighted by atomic mass is 10.1. The summed E-state index contributed by atoms with van der Waals surface area (Å²) in [4.78, 5) is 3.70. The van der Waals surface area contributed by atoms with Crippen LogP contribution in [0, 0.1) is 0 Å². The Morgan fingerprint density at radius 2 is 1.93 bits per heavy atom. The van der Waals surface area contributed by atoms with Crippen LogP contribution in [0.15, 0.2) is 41.8 Å². The summed E-state index contributed by atoms with van der Waals surface area (Å²) in [7, 11) is 0. The van der Waals surface area contributed by atoms with E-state index in [9.17, 15) is 13.2 Å². The number of likely N-dealkylation sites (tertiary alicyclic amines) is 1. The van der Waals surface area contributed by atoms with Crippen LogP contribution < -0.4 is 10.6 Å². The number of anilines is 1. The van der Waals surface area contributed by atoms with Crippen molar-refractivity contribution in [1.29, 1.82) is 0 Å². The first-order valence-electron chi connectivity index (χ1n) is 8.87. The van der Waals surface area contributed by atoms with Crippen LogP contribution in [0.2, 0.25) is 0 Å². The molecular weight excluding hydrogens is 391 g/mol. The van der Waals surface area contributed by atoms with Crippen molar-refractivity contribution >= 4 is 34.4 Å². The molecule has 2 atom stereocenters. The van der Waals surface area contributed by atoms with Crippen LogP contribution in [0.5, 0.6) is 0 Å². The molecule has 1 saturated heterocycles. The van der Waals surface area contributed by atoms with Crippen LogP contribution in [-0.4, -0.2) is 29.1 Å². The number of rotatable bonds is 5. The highest BCUT2D eigenvalue weighted by molar-refractivity contribution is 7.80. The molecule has 0 radical (unpaired) electrons. The molecule has 27 heavy (non-hydrogen) atoms. The predicted molar refractivity (Wildman–Crippen MR) is 108 cm³/mol. The van der Waals surface area contributed by atoms with Gasteiger partial charge in [-0.1, -0.05) is 12.1 Å². The first-order valence-corrected chi connectivity index (χ1v) is 10.2. The van der Waals surface area contributed by atoms with Crippen LogP contribution >= 0.6 is 23.6 Å². The molecule has 1 aromatic carbocycles. The van der Waals surface area contributed by atoms with E-state index in [-0.39, 0.29) is 12.1 Å². The molecule has 3 nitrogen and oxygen atoms in total. The van der Waals surface area contributed by atoms with E-state index in [0.29, 0.717) is 10.8 Å². The summed E-state index contributed by atoms with van der Waals surface area (Å²) < 4.78 is 38.6. The molecule has 1 aliphatic heterocycles. The van der Waals surface area contributed by atoms with E-state index >= 15 is 0 Å². The third kappa shape index (κ3) is 5.21. The molecule has 1 aliphatic rings. The topological polar surface area (TPSA) is 27.3 Å². The lowest BCUT2D eigenvalue weighted by Crippen LogP contribution is -2.45. The minimum absolute atomic E-state index is 0.0209. The molecule has 2 N–H and O–H groups in total. The normalized spacial score (nSPS) is 17.5. The summed E-state index contributed by atoms with van der Waals surface area (Å²) in [6, 6.07) is 9.42. The van der Waals surface area contributed by atoms with E-state index in [1.165, 1.54) is 23.8 Å². The number of hydrogen-bond acceptors (Lipinski definition) is 3. The average molecular weight is 414 g/mol. The Morgan fingerprint density at radius 1 is 1.19 bits per heavy atom. The van der Waals surface area contributed by atoms with Gasteiger partial charge in [-0.2, -0.15) is 13.2 Å². The molecule has 1 fully saturated rings. The molecular formula is C19H22F3N3S2. The summed E-state index contributed by atoms with van der Waals surface area (Å²) in [6.45, 7) is 4.15.